The predicted molar refractivity (Wildman–Crippen MR) is 136 cm³/mol. The Morgan fingerprint density at radius 3 is 2.81 bits per heavy atom. The highest BCUT2D eigenvalue weighted by molar-refractivity contribution is 7.21. The largest absolute Gasteiger partial charge is 0.481 e. The number of aromatic nitrogens is 4. The summed E-state index contributed by atoms with van der Waals surface area (Å²) >= 11 is 1.42. The van der Waals surface area contributed by atoms with Crippen LogP contribution in [-0.2, 0) is 9.53 Å². The summed E-state index contributed by atoms with van der Waals surface area (Å²) in [4.78, 5) is 37.7. The molecule has 0 spiro atoms. The average Bonchev–Trinajstić information content (AvgIpc) is 3.44. The zero-order chi connectivity index (χ0) is 25.2. The number of methoxy groups -OCH3 is 2. The van der Waals surface area contributed by atoms with E-state index in [2.05, 4.69) is 25.7 Å². The van der Waals surface area contributed by atoms with Gasteiger partial charge in [0.15, 0.2) is 0 Å². The van der Waals surface area contributed by atoms with Gasteiger partial charge in [-0.15, -0.1) is 11.3 Å². The zero-order valence-electron chi connectivity index (χ0n) is 20.0. The van der Waals surface area contributed by atoms with Crippen molar-refractivity contribution < 1.29 is 19.1 Å². The van der Waals surface area contributed by atoms with Crippen LogP contribution in [0.5, 0.6) is 5.88 Å². The second kappa shape index (κ2) is 10.0. The summed E-state index contributed by atoms with van der Waals surface area (Å²) in [7, 11) is 3.23. The number of nitrogens with one attached hydrogen (secondary N) is 2. The first-order valence-corrected chi connectivity index (χ1v) is 12.1. The Morgan fingerprint density at radius 1 is 1.19 bits per heavy atom. The van der Waals surface area contributed by atoms with Gasteiger partial charge >= 0.3 is 0 Å². The Bertz CT molecular complexity index is 1430. The predicted octanol–water partition coefficient (Wildman–Crippen LogP) is 2.69. The summed E-state index contributed by atoms with van der Waals surface area (Å²) in [5.74, 6) is 0.0278. The standard InChI is InChI=1S/C24H25N7O4S/c1-14-19(7-15(8-26-14)28-21(32)13-30-10-16(11-30)34-2)29-22(33)18-9-27-31-12-20(36-24(18)31)17-5-4-6-25-23(17)35-3/h4-9,12,16H,10-11,13H2,1-3H3,(H,28,32)(H,29,33). The molecule has 1 aliphatic heterocycles. The van der Waals surface area contributed by atoms with Crippen LogP contribution in [0.4, 0.5) is 11.4 Å². The van der Waals surface area contributed by atoms with Crippen LogP contribution < -0.4 is 15.4 Å². The summed E-state index contributed by atoms with van der Waals surface area (Å²) in [5.41, 5.74) is 2.88. The highest BCUT2D eigenvalue weighted by Gasteiger charge is 2.27. The van der Waals surface area contributed by atoms with Crippen molar-refractivity contribution in [3.8, 4) is 16.3 Å². The van der Waals surface area contributed by atoms with Crippen LogP contribution in [0, 0.1) is 6.92 Å². The molecular weight excluding hydrogens is 482 g/mol. The number of likely N-dealkylation sites (tertiary alicyclic amines) is 1. The Labute approximate surface area is 211 Å². The molecule has 12 heteroatoms. The molecule has 5 heterocycles. The minimum absolute atomic E-state index is 0.150. The van der Waals surface area contributed by atoms with E-state index in [0.29, 0.717) is 33.3 Å². The Morgan fingerprint density at radius 2 is 2.03 bits per heavy atom. The molecule has 0 aromatic carbocycles. The molecule has 186 valence electrons. The third kappa shape index (κ3) is 4.78. The van der Waals surface area contributed by atoms with Crippen molar-refractivity contribution in [2.75, 3.05) is 44.5 Å². The summed E-state index contributed by atoms with van der Waals surface area (Å²) in [6.07, 6.45) is 6.78. The van der Waals surface area contributed by atoms with Crippen LogP contribution in [0.3, 0.4) is 0 Å². The topological polar surface area (TPSA) is 123 Å². The molecule has 5 rings (SSSR count). The first kappa shape index (κ1) is 23.9. The lowest BCUT2D eigenvalue weighted by atomic mass is 10.1. The number of aryl methyl sites for hydroxylation is 1. The monoisotopic (exact) mass is 507 g/mol. The first-order valence-electron chi connectivity index (χ1n) is 11.2. The number of fused-ring (bicyclic) bond motifs is 1. The molecule has 0 unspecified atom stereocenters. The highest BCUT2D eigenvalue weighted by atomic mass is 32.1. The number of carbonyl (C=O) groups is 2. The lowest BCUT2D eigenvalue weighted by Crippen LogP contribution is -2.53. The van der Waals surface area contributed by atoms with Gasteiger partial charge in [-0.3, -0.25) is 19.5 Å². The van der Waals surface area contributed by atoms with E-state index >= 15 is 0 Å². The Kier molecular flexibility index (Phi) is 6.63. The van der Waals surface area contributed by atoms with Crippen molar-refractivity contribution in [1.29, 1.82) is 0 Å². The van der Waals surface area contributed by atoms with Gasteiger partial charge < -0.3 is 20.1 Å². The molecule has 11 nitrogen and oxygen atoms in total. The minimum atomic E-state index is -0.323. The summed E-state index contributed by atoms with van der Waals surface area (Å²) in [5, 5.41) is 10.1. The summed E-state index contributed by atoms with van der Waals surface area (Å²) in [6.45, 7) is 3.52. The van der Waals surface area contributed by atoms with Gasteiger partial charge in [0.25, 0.3) is 5.91 Å². The second-order valence-corrected chi connectivity index (χ2v) is 9.41. The number of hydrogen-bond acceptors (Lipinski definition) is 9. The molecule has 2 amide bonds. The molecule has 4 aromatic rings. The van der Waals surface area contributed by atoms with Crippen molar-refractivity contribution in [3.63, 3.8) is 0 Å². The third-order valence-electron chi connectivity index (χ3n) is 5.91. The van der Waals surface area contributed by atoms with Crippen molar-refractivity contribution >= 4 is 39.4 Å². The van der Waals surface area contributed by atoms with Gasteiger partial charge in [-0.05, 0) is 25.1 Å². The number of nitrogens with zero attached hydrogens (tertiary/aromatic N) is 5. The quantitative estimate of drug-likeness (QED) is 0.373. The molecule has 36 heavy (non-hydrogen) atoms. The fourth-order valence-corrected chi connectivity index (χ4v) is 5.00. The number of rotatable bonds is 8. The van der Waals surface area contributed by atoms with E-state index in [1.807, 2.05) is 23.2 Å². The number of amides is 2. The van der Waals surface area contributed by atoms with E-state index in [1.165, 1.54) is 17.5 Å². The number of pyridine rings is 2. The van der Waals surface area contributed by atoms with E-state index in [4.69, 9.17) is 9.47 Å². The molecule has 1 saturated heterocycles. The average molecular weight is 508 g/mol. The maximum absolute atomic E-state index is 13.2. The van der Waals surface area contributed by atoms with E-state index in [0.717, 1.165) is 23.5 Å². The first-order chi connectivity index (χ1) is 17.4. The molecule has 2 N–H and O–H groups in total. The molecule has 0 saturated carbocycles. The molecule has 1 aliphatic rings. The maximum atomic E-state index is 13.2. The molecule has 0 atom stereocenters. The lowest BCUT2D eigenvalue weighted by molar-refractivity contribution is -0.120. The highest BCUT2D eigenvalue weighted by Crippen LogP contribution is 2.35. The van der Waals surface area contributed by atoms with Crippen LogP contribution in [-0.4, -0.2) is 76.3 Å². The molecule has 4 aromatic heterocycles. The molecule has 0 aliphatic carbocycles. The lowest BCUT2D eigenvalue weighted by Gasteiger charge is -2.37. The van der Waals surface area contributed by atoms with Gasteiger partial charge in [-0.25, -0.2) is 9.50 Å². The van der Waals surface area contributed by atoms with Crippen molar-refractivity contribution in [3.05, 3.63) is 54.2 Å². The van der Waals surface area contributed by atoms with E-state index in [1.54, 1.807) is 44.1 Å². The van der Waals surface area contributed by atoms with Crippen LogP contribution in [0.15, 0.2) is 43.0 Å². The van der Waals surface area contributed by atoms with E-state index in [-0.39, 0.29) is 24.5 Å². The van der Waals surface area contributed by atoms with Crippen LogP contribution in [0.25, 0.3) is 15.3 Å². The third-order valence-corrected chi connectivity index (χ3v) is 7.06. The van der Waals surface area contributed by atoms with Crippen molar-refractivity contribution in [1.82, 2.24) is 24.5 Å². The van der Waals surface area contributed by atoms with Gasteiger partial charge in [0.05, 0.1) is 65.2 Å². The Balaban J connectivity index is 1.30. The van der Waals surface area contributed by atoms with Gasteiger partial charge in [-0.2, -0.15) is 5.10 Å². The number of carbonyl (C=O) groups excluding carboxylic acids is 2. The molecule has 0 radical (unpaired) electrons. The smallest absolute Gasteiger partial charge is 0.260 e. The summed E-state index contributed by atoms with van der Waals surface area (Å²) < 4.78 is 12.3. The SMILES string of the molecule is COc1ncccc1-c1cn2ncc(C(=O)Nc3cc(NC(=O)CN4CC(OC)C4)cnc3C)c2s1. The molecular formula is C24H25N7O4S. The van der Waals surface area contributed by atoms with Gasteiger partial charge in [0, 0.05) is 32.6 Å². The second-order valence-electron chi connectivity index (χ2n) is 8.37. The van der Waals surface area contributed by atoms with Crippen LogP contribution in [0.2, 0.25) is 0 Å². The number of hydrogen-bond donors (Lipinski definition) is 2. The van der Waals surface area contributed by atoms with Crippen LogP contribution >= 0.6 is 11.3 Å². The normalized spacial score (nSPS) is 14.0. The van der Waals surface area contributed by atoms with Gasteiger partial charge in [-0.1, -0.05) is 0 Å². The number of ether oxygens (including phenoxy) is 2. The fraction of sp³-hybridized carbons (Fsp3) is 0.292. The number of anilines is 2. The van der Waals surface area contributed by atoms with Gasteiger partial charge in [0.1, 0.15) is 4.83 Å². The van der Waals surface area contributed by atoms with Crippen molar-refractivity contribution in [2.45, 2.75) is 13.0 Å². The fourth-order valence-electron chi connectivity index (χ4n) is 3.93. The van der Waals surface area contributed by atoms with Crippen molar-refractivity contribution in [2.24, 2.45) is 0 Å². The van der Waals surface area contributed by atoms with Gasteiger partial charge in [0.2, 0.25) is 11.8 Å². The maximum Gasteiger partial charge on any atom is 0.260 e. The van der Waals surface area contributed by atoms with E-state index in [9.17, 15) is 9.59 Å². The van der Waals surface area contributed by atoms with Crippen LogP contribution in [0.1, 0.15) is 16.1 Å². The minimum Gasteiger partial charge on any atom is -0.481 e. The molecule has 1 fully saturated rings. The summed E-state index contributed by atoms with van der Waals surface area (Å²) in [6, 6.07) is 5.44. The zero-order valence-corrected chi connectivity index (χ0v) is 20.8. The van der Waals surface area contributed by atoms with E-state index < -0.39 is 0 Å². The Hall–Kier alpha value is -3.87. The number of thiazole rings is 1. The molecule has 0 bridgehead atoms.